The monoisotopic (exact) mass is 540 g/mol. The molecule has 3 aromatic rings. The van der Waals surface area contributed by atoms with Crippen molar-refractivity contribution in [3.63, 3.8) is 0 Å². The summed E-state index contributed by atoms with van der Waals surface area (Å²) in [7, 11) is 0. The van der Waals surface area contributed by atoms with Crippen LogP contribution in [0.25, 0.3) is 28.3 Å². The van der Waals surface area contributed by atoms with Gasteiger partial charge in [0.2, 0.25) is 0 Å². The zero-order chi connectivity index (χ0) is 27.7. The van der Waals surface area contributed by atoms with Crippen LogP contribution in [0.4, 0.5) is 0 Å². The van der Waals surface area contributed by atoms with E-state index in [9.17, 15) is 4.79 Å². The smallest absolute Gasteiger partial charge is 0.194 e. The molecule has 2 aliphatic rings. The molecule has 0 spiro atoms. The van der Waals surface area contributed by atoms with Crippen molar-refractivity contribution in [2.24, 2.45) is 5.41 Å². The van der Waals surface area contributed by atoms with Gasteiger partial charge in [-0.25, -0.2) is 0 Å². The number of aryl methyl sites for hydroxylation is 2. The molecule has 38 heavy (non-hydrogen) atoms. The first-order chi connectivity index (χ1) is 17.7. The lowest BCUT2D eigenvalue weighted by Crippen LogP contribution is -2.20. The van der Waals surface area contributed by atoms with Crippen molar-refractivity contribution in [2.45, 2.75) is 60.8 Å². The number of hydrogen-bond acceptors (Lipinski definition) is 1. The fourth-order valence-corrected chi connectivity index (χ4v) is 6.16. The Kier molecular flexibility index (Phi) is 6.41. The molecule has 5 rings (SSSR count). The van der Waals surface area contributed by atoms with E-state index in [4.69, 9.17) is 23.2 Å². The Balaban J connectivity index is 1.77. The molecule has 3 heteroatoms. The minimum absolute atomic E-state index is 0.0792. The van der Waals surface area contributed by atoms with Crippen LogP contribution in [-0.4, -0.2) is 5.78 Å². The summed E-state index contributed by atoms with van der Waals surface area (Å²) in [4.78, 5) is 14.3. The molecule has 0 atom stereocenters. The molecule has 0 unspecified atom stereocenters. The Bertz CT molecular complexity index is 1610. The van der Waals surface area contributed by atoms with Crippen molar-refractivity contribution < 1.29 is 4.79 Å². The van der Waals surface area contributed by atoms with Crippen LogP contribution < -0.4 is 0 Å². The number of rotatable bonds is 2. The zero-order valence-electron chi connectivity index (χ0n) is 23.4. The van der Waals surface area contributed by atoms with Crippen LogP contribution in [0.3, 0.4) is 0 Å². The predicted octanol–water partition coefficient (Wildman–Crippen LogP) is 10.4. The van der Waals surface area contributed by atoms with E-state index < -0.39 is 0 Å². The van der Waals surface area contributed by atoms with Gasteiger partial charge >= 0.3 is 0 Å². The first-order valence-corrected chi connectivity index (χ1v) is 13.9. The summed E-state index contributed by atoms with van der Waals surface area (Å²) in [5.74, 6) is 0.0792. The highest BCUT2D eigenvalue weighted by Gasteiger charge is 2.37. The maximum atomic E-state index is 14.3. The highest BCUT2D eigenvalue weighted by molar-refractivity contribution is 6.40. The van der Waals surface area contributed by atoms with Gasteiger partial charge in [-0.3, -0.25) is 4.79 Å². The van der Waals surface area contributed by atoms with Crippen LogP contribution in [0.2, 0.25) is 10.0 Å². The van der Waals surface area contributed by atoms with Crippen LogP contribution in [0.1, 0.15) is 74.9 Å². The van der Waals surface area contributed by atoms with E-state index in [0.717, 1.165) is 55.1 Å². The van der Waals surface area contributed by atoms with Crippen LogP contribution in [0.15, 0.2) is 65.8 Å². The summed E-state index contributed by atoms with van der Waals surface area (Å²) in [6.45, 7) is 17.4. The lowest BCUT2D eigenvalue weighted by atomic mass is 9.73. The average molecular weight is 542 g/mol. The largest absolute Gasteiger partial charge is 0.289 e. The first-order valence-electron chi connectivity index (χ1n) is 13.1. The van der Waals surface area contributed by atoms with Crippen molar-refractivity contribution in [3.05, 3.63) is 109 Å². The number of ketones is 1. The van der Waals surface area contributed by atoms with E-state index in [0.29, 0.717) is 5.02 Å². The van der Waals surface area contributed by atoms with Crippen molar-refractivity contribution >= 4 is 46.2 Å². The number of fused-ring (bicyclic) bond motifs is 3. The Morgan fingerprint density at radius 1 is 0.605 bits per heavy atom. The van der Waals surface area contributed by atoms with Gasteiger partial charge in [0.15, 0.2) is 5.78 Å². The summed E-state index contributed by atoms with van der Waals surface area (Å²) >= 11 is 12.6. The van der Waals surface area contributed by atoms with Gasteiger partial charge in [0.25, 0.3) is 0 Å². The molecule has 0 saturated carbocycles. The van der Waals surface area contributed by atoms with Crippen molar-refractivity contribution in [1.82, 2.24) is 0 Å². The average Bonchev–Trinajstić information content (AvgIpc) is 3.16. The first kappa shape index (κ1) is 26.7. The number of allylic oxidation sites excluding steroid dienone is 5. The van der Waals surface area contributed by atoms with Gasteiger partial charge < -0.3 is 0 Å². The van der Waals surface area contributed by atoms with E-state index in [1.54, 1.807) is 0 Å². The standard InChI is InChI=1S/C35H34Cl2O/c1-19-13-22(36)9-11-24(19)28-15-21-16-29-27(26(21)17-30(28)34(3,4)5)18-31(35(6,7)8)32(33(29)38)25-12-10-23(37)14-20(25)2/h9-18H,1-8H3. The molecular weight excluding hydrogens is 507 g/mol. The van der Waals surface area contributed by atoms with Gasteiger partial charge in [-0.2, -0.15) is 0 Å². The molecule has 0 aliphatic heterocycles. The Labute approximate surface area is 236 Å². The second kappa shape index (κ2) is 9.11. The molecule has 0 radical (unpaired) electrons. The van der Waals surface area contributed by atoms with Gasteiger partial charge in [-0.1, -0.05) is 76.9 Å². The summed E-state index contributed by atoms with van der Waals surface area (Å²) in [6, 6.07) is 16.4. The highest BCUT2D eigenvalue weighted by atomic mass is 35.5. The van der Waals surface area contributed by atoms with Crippen molar-refractivity contribution in [3.8, 4) is 11.1 Å². The Hall–Kier alpha value is -2.87. The number of Topliss-reactive ketones (excluding diaryl/α,β-unsaturated/α-hetero) is 1. The molecular formula is C35H34Cl2O. The molecule has 3 aromatic carbocycles. The van der Waals surface area contributed by atoms with Crippen molar-refractivity contribution in [1.29, 1.82) is 0 Å². The van der Waals surface area contributed by atoms with Gasteiger partial charge in [0.05, 0.1) is 0 Å². The zero-order valence-corrected chi connectivity index (χ0v) is 24.9. The molecule has 0 saturated heterocycles. The van der Waals surface area contributed by atoms with E-state index in [1.165, 1.54) is 16.7 Å². The normalized spacial score (nSPS) is 15.4. The molecule has 1 nitrogen and oxygen atoms in total. The fraction of sp³-hybridized carbons (Fsp3) is 0.286. The molecule has 0 N–H and O–H groups in total. The Morgan fingerprint density at radius 2 is 1.18 bits per heavy atom. The second-order valence-corrected chi connectivity index (χ2v) is 13.5. The van der Waals surface area contributed by atoms with Crippen LogP contribution >= 0.6 is 23.2 Å². The third kappa shape index (κ3) is 4.51. The summed E-state index contributed by atoms with van der Waals surface area (Å²) in [5, 5.41) is 1.41. The number of carbonyl (C=O) groups excluding carboxylic acids is 1. The molecule has 0 amide bonds. The second-order valence-electron chi connectivity index (χ2n) is 12.6. The lowest BCUT2D eigenvalue weighted by Gasteiger charge is -2.30. The van der Waals surface area contributed by atoms with Gasteiger partial charge in [-0.15, -0.1) is 0 Å². The quantitative estimate of drug-likeness (QED) is 0.315. The lowest BCUT2D eigenvalue weighted by molar-refractivity contribution is -0.110. The minimum atomic E-state index is -0.217. The summed E-state index contributed by atoms with van der Waals surface area (Å²) in [6.07, 6.45) is 4.33. The van der Waals surface area contributed by atoms with Gasteiger partial charge in [0, 0.05) is 21.2 Å². The van der Waals surface area contributed by atoms with Crippen LogP contribution in [0, 0.1) is 19.3 Å². The van der Waals surface area contributed by atoms with Crippen LogP contribution in [0.5, 0.6) is 0 Å². The molecule has 194 valence electrons. The SMILES string of the molecule is Cc1cc(Cl)ccc1C1=C(C(C)(C)C)C=C2C(=Cc3cc(-c4ccc(Cl)cc4C)c(C(C)(C)C)cc32)C1=O. The topological polar surface area (TPSA) is 17.1 Å². The number of halogens is 2. The fourth-order valence-electron chi connectivity index (χ4n) is 5.70. The van der Waals surface area contributed by atoms with Crippen molar-refractivity contribution in [2.75, 3.05) is 0 Å². The van der Waals surface area contributed by atoms with Gasteiger partial charge in [-0.05, 0) is 129 Å². The number of benzene rings is 3. The van der Waals surface area contributed by atoms with Gasteiger partial charge in [0.1, 0.15) is 0 Å². The molecule has 0 bridgehead atoms. The number of hydrogen-bond donors (Lipinski definition) is 0. The maximum Gasteiger partial charge on any atom is 0.194 e. The predicted molar refractivity (Wildman–Crippen MR) is 164 cm³/mol. The van der Waals surface area contributed by atoms with E-state index >= 15 is 0 Å². The summed E-state index contributed by atoms with van der Waals surface area (Å²) < 4.78 is 0. The van der Waals surface area contributed by atoms with E-state index in [1.807, 2.05) is 37.3 Å². The van der Waals surface area contributed by atoms with E-state index in [-0.39, 0.29) is 16.6 Å². The third-order valence-electron chi connectivity index (χ3n) is 7.65. The van der Waals surface area contributed by atoms with Crippen LogP contribution in [-0.2, 0) is 10.2 Å². The summed E-state index contributed by atoms with van der Waals surface area (Å²) in [5.41, 5.74) is 12.2. The number of carbonyl (C=O) groups is 1. The third-order valence-corrected chi connectivity index (χ3v) is 8.12. The highest BCUT2D eigenvalue weighted by Crippen LogP contribution is 2.50. The van der Waals surface area contributed by atoms with E-state index in [2.05, 4.69) is 78.8 Å². The molecule has 0 fully saturated rings. The Morgan fingerprint density at radius 3 is 1.71 bits per heavy atom. The maximum absolute atomic E-state index is 14.3. The molecule has 2 aliphatic carbocycles. The molecule has 0 aromatic heterocycles. The molecule has 0 heterocycles. The minimum Gasteiger partial charge on any atom is -0.289 e.